The predicted octanol–water partition coefficient (Wildman–Crippen LogP) is 1.63. The third-order valence-electron chi connectivity index (χ3n) is 5.19. The van der Waals surface area contributed by atoms with Crippen LogP contribution in [0.4, 0.5) is 0 Å². The van der Waals surface area contributed by atoms with Gasteiger partial charge in [-0.25, -0.2) is 18.8 Å². The van der Waals surface area contributed by atoms with Crippen LogP contribution in [0.15, 0.2) is 77.1 Å². The Balaban J connectivity index is 1.80. The van der Waals surface area contributed by atoms with Crippen LogP contribution in [0.3, 0.4) is 0 Å². The molecule has 2 aromatic rings. The molecule has 0 saturated carbocycles. The molecule has 0 saturated heterocycles. The van der Waals surface area contributed by atoms with Gasteiger partial charge < -0.3 is 14.6 Å². The number of hydrogen-bond donors (Lipinski definition) is 3. The van der Waals surface area contributed by atoms with E-state index >= 15 is 0 Å². The molecule has 182 valence electrons. The minimum Gasteiger partial charge on any atom is -0.494 e. The molecular formula is C24H29N3O6S. The summed E-state index contributed by atoms with van der Waals surface area (Å²) in [5, 5.41) is 8.86. The first-order chi connectivity index (χ1) is 16.4. The minimum atomic E-state index is -3.62. The molecule has 9 nitrogen and oxygen atoms in total. The van der Waals surface area contributed by atoms with Crippen molar-refractivity contribution in [1.82, 2.24) is 10.9 Å². The molecule has 1 aliphatic heterocycles. The van der Waals surface area contributed by atoms with Crippen LogP contribution in [0.5, 0.6) is 5.75 Å². The van der Waals surface area contributed by atoms with E-state index in [4.69, 9.17) is 14.6 Å². The first-order valence-electron chi connectivity index (χ1n) is 10.9. The van der Waals surface area contributed by atoms with Crippen molar-refractivity contribution >= 4 is 21.6 Å². The summed E-state index contributed by atoms with van der Waals surface area (Å²) in [5.74, 6) is 0.112. The molecule has 0 fully saturated rings. The highest BCUT2D eigenvalue weighted by molar-refractivity contribution is 7.91. The minimum absolute atomic E-state index is 0.0501. The van der Waals surface area contributed by atoms with Crippen molar-refractivity contribution in [1.29, 1.82) is 0 Å². The lowest BCUT2D eigenvalue weighted by Gasteiger charge is -2.23. The van der Waals surface area contributed by atoms with E-state index in [1.54, 1.807) is 48.5 Å². The summed E-state index contributed by atoms with van der Waals surface area (Å²) in [4.78, 5) is 17.8. The Morgan fingerprint density at radius 3 is 2.62 bits per heavy atom. The molecule has 1 aliphatic rings. The van der Waals surface area contributed by atoms with E-state index < -0.39 is 21.3 Å². The van der Waals surface area contributed by atoms with Gasteiger partial charge in [-0.05, 0) is 42.8 Å². The fraction of sp³-hybridized carbons (Fsp3) is 0.333. The number of carbonyl (C=O) groups is 1. The zero-order chi connectivity index (χ0) is 24.4. The summed E-state index contributed by atoms with van der Waals surface area (Å²) >= 11 is 0. The van der Waals surface area contributed by atoms with Gasteiger partial charge in [0.25, 0.3) is 5.91 Å². The van der Waals surface area contributed by atoms with Gasteiger partial charge in [-0.1, -0.05) is 24.3 Å². The molecule has 34 heavy (non-hydrogen) atoms. The smallest absolute Gasteiger partial charge is 0.265 e. The first-order valence-corrected chi connectivity index (χ1v) is 12.5. The van der Waals surface area contributed by atoms with Crippen LogP contribution in [0.2, 0.25) is 0 Å². The Bertz CT molecular complexity index is 1100. The lowest BCUT2D eigenvalue weighted by atomic mass is 9.98. The largest absolute Gasteiger partial charge is 0.494 e. The third-order valence-corrected chi connectivity index (χ3v) is 6.93. The number of nitrogens with zero attached hydrogens (tertiary/aromatic N) is 1. The zero-order valence-corrected chi connectivity index (χ0v) is 19.6. The molecule has 0 aromatic heterocycles. The second kappa shape index (κ2) is 11.8. The number of amides is 1. The van der Waals surface area contributed by atoms with Crippen molar-refractivity contribution in [3.63, 3.8) is 0 Å². The normalized spacial score (nSPS) is 17.5. The summed E-state index contributed by atoms with van der Waals surface area (Å²) < 4.78 is 37.0. The van der Waals surface area contributed by atoms with Gasteiger partial charge in [0, 0.05) is 25.1 Å². The van der Waals surface area contributed by atoms with Crippen molar-refractivity contribution in [2.45, 2.75) is 23.3 Å². The third kappa shape index (κ3) is 6.43. The quantitative estimate of drug-likeness (QED) is 0.223. The topological polar surface area (TPSA) is 126 Å². The maximum Gasteiger partial charge on any atom is 0.265 e. The van der Waals surface area contributed by atoms with E-state index in [1.807, 2.05) is 0 Å². The fourth-order valence-electron chi connectivity index (χ4n) is 3.27. The van der Waals surface area contributed by atoms with Crippen molar-refractivity contribution < 1.29 is 27.8 Å². The number of ether oxygens (including phenoxy) is 2. The number of benzene rings is 2. The Morgan fingerprint density at radius 2 is 1.94 bits per heavy atom. The Hall–Kier alpha value is -3.21. The predicted molar refractivity (Wildman–Crippen MR) is 128 cm³/mol. The standard InChI is InChI=1S/C24H29N3O6S/c1-2-14-25-27-23(29)24(13-17-34(30,31)21-7-4-3-5-8-21)18-33-22(26-24)19-9-11-20(12-10-19)32-16-6-15-28/h2-5,7-12,25,28H,1,6,13-18H2,(H,27,29)/t24-/m0/s1. The molecule has 3 N–H and O–H groups in total. The lowest BCUT2D eigenvalue weighted by molar-refractivity contribution is -0.127. The number of aliphatic imine (C=N–C) groups is 1. The van der Waals surface area contributed by atoms with Crippen LogP contribution < -0.4 is 15.6 Å². The summed E-state index contributed by atoms with van der Waals surface area (Å²) in [7, 11) is -3.62. The summed E-state index contributed by atoms with van der Waals surface area (Å²) in [6.07, 6.45) is 2.05. The van der Waals surface area contributed by atoms with Crippen LogP contribution in [0.1, 0.15) is 18.4 Å². The summed E-state index contributed by atoms with van der Waals surface area (Å²) in [6.45, 7) is 4.27. The average Bonchev–Trinajstić information content (AvgIpc) is 3.30. The van der Waals surface area contributed by atoms with Crippen LogP contribution in [-0.2, 0) is 19.4 Å². The van der Waals surface area contributed by atoms with E-state index in [-0.39, 0.29) is 36.2 Å². The highest BCUT2D eigenvalue weighted by Gasteiger charge is 2.45. The van der Waals surface area contributed by atoms with Crippen molar-refractivity contribution in [3.05, 3.63) is 72.8 Å². The first kappa shape index (κ1) is 25.4. The van der Waals surface area contributed by atoms with Gasteiger partial charge in [0.1, 0.15) is 12.4 Å². The van der Waals surface area contributed by atoms with Gasteiger partial charge in [-0.15, -0.1) is 6.58 Å². The summed E-state index contributed by atoms with van der Waals surface area (Å²) in [6, 6.07) is 15.1. The van der Waals surface area contributed by atoms with E-state index in [0.717, 1.165) is 0 Å². The Kier molecular flexibility index (Phi) is 8.80. The van der Waals surface area contributed by atoms with Gasteiger partial charge in [0.05, 0.1) is 17.3 Å². The summed E-state index contributed by atoms with van der Waals surface area (Å²) in [5.41, 5.74) is 4.51. The van der Waals surface area contributed by atoms with Crippen LogP contribution in [0.25, 0.3) is 0 Å². The van der Waals surface area contributed by atoms with Crippen LogP contribution in [0, 0.1) is 0 Å². The van der Waals surface area contributed by atoms with E-state index in [2.05, 4.69) is 22.4 Å². The van der Waals surface area contributed by atoms with E-state index in [0.29, 0.717) is 30.9 Å². The molecule has 0 bridgehead atoms. The Morgan fingerprint density at radius 1 is 1.21 bits per heavy atom. The number of aliphatic hydroxyl groups is 1. The number of carbonyl (C=O) groups excluding carboxylic acids is 1. The molecule has 0 aliphatic carbocycles. The molecule has 0 unspecified atom stereocenters. The maximum atomic E-state index is 13.0. The zero-order valence-electron chi connectivity index (χ0n) is 18.8. The highest BCUT2D eigenvalue weighted by atomic mass is 32.2. The van der Waals surface area contributed by atoms with Gasteiger partial charge in [0.2, 0.25) is 5.90 Å². The van der Waals surface area contributed by atoms with Gasteiger partial charge in [-0.2, -0.15) is 0 Å². The molecule has 1 heterocycles. The van der Waals surface area contributed by atoms with Gasteiger partial charge in [-0.3, -0.25) is 10.2 Å². The number of hydrazine groups is 1. The van der Waals surface area contributed by atoms with E-state index in [9.17, 15) is 13.2 Å². The molecule has 2 aromatic carbocycles. The lowest BCUT2D eigenvalue weighted by Crippen LogP contribution is -2.52. The second-order valence-corrected chi connectivity index (χ2v) is 9.80. The van der Waals surface area contributed by atoms with E-state index in [1.165, 1.54) is 12.1 Å². The van der Waals surface area contributed by atoms with Crippen molar-refractivity contribution in [3.8, 4) is 5.75 Å². The van der Waals surface area contributed by atoms with Crippen molar-refractivity contribution in [2.24, 2.45) is 4.99 Å². The highest BCUT2D eigenvalue weighted by Crippen LogP contribution is 2.28. The molecular weight excluding hydrogens is 458 g/mol. The number of hydrogen-bond acceptors (Lipinski definition) is 8. The number of nitrogens with one attached hydrogen (secondary N) is 2. The average molecular weight is 488 g/mol. The van der Waals surface area contributed by atoms with Crippen LogP contribution >= 0.6 is 0 Å². The van der Waals surface area contributed by atoms with Crippen LogP contribution in [-0.4, -0.2) is 63.0 Å². The molecule has 1 amide bonds. The second-order valence-electron chi connectivity index (χ2n) is 7.69. The molecule has 0 spiro atoms. The maximum absolute atomic E-state index is 13.0. The fourth-order valence-corrected chi connectivity index (χ4v) is 4.68. The van der Waals surface area contributed by atoms with Gasteiger partial charge in [0.15, 0.2) is 15.4 Å². The number of aliphatic hydroxyl groups excluding tert-OH is 1. The molecule has 1 atom stereocenters. The molecule has 3 rings (SSSR count). The van der Waals surface area contributed by atoms with Gasteiger partial charge >= 0.3 is 0 Å². The van der Waals surface area contributed by atoms with Crippen molar-refractivity contribution in [2.75, 3.05) is 32.1 Å². The molecule has 0 radical (unpaired) electrons. The number of sulfone groups is 1. The monoisotopic (exact) mass is 487 g/mol. The molecule has 10 heteroatoms. The number of rotatable bonds is 13. The Labute approximate surface area is 199 Å². The SMILES string of the molecule is C=CCNNC(=O)[C@]1(CCS(=O)(=O)c2ccccc2)COC(c2ccc(OCCCO)cc2)=N1.